The summed E-state index contributed by atoms with van der Waals surface area (Å²) in [6.07, 6.45) is 7.68. The van der Waals surface area contributed by atoms with Gasteiger partial charge in [0.05, 0.1) is 11.5 Å². The molecule has 0 unspecified atom stereocenters. The molecule has 29 heavy (non-hydrogen) atoms. The van der Waals surface area contributed by atoms with Gasteiger partial charge in [0.2, 0.25) is 0 Å². The van der Waals surface area contributed by atoms with E-state index in [-0.39, 0.29) is 35.6 Å². The first-order valence-electron chi connectivity index (χ1n) is 9.86. The molecule has 0 radical (unpaired) electrons. The minimum atomic E-state index is -1.26. The number of nitrogens with zero attached hydrogens (tertiary/aromatic N) is 1. The van der Waals surface area contributed by atoms with E-state index in [0.29, 0.717) is 12.2 Å². The average Bonchev–Trinajstić information content (AvgIpc) is 3.19. The Kier molecular flexibility index (Phi) is 7.60. The fraction of sp³-hybridized carbons (Fsp3) is 0.667. The molecule has 2 saturated heterocycles. The van der Waals surface area contributed by atoms with Crippen molar-refractivity contribution in [2.75, 3.05) is 20.6 Å². The Morgan fingerprint density at radius 1 is 1.28 bits per heavy atom. The van der Waals surface area contributed by atoms with Gasteiger partial charge in [-0.3, -0.25) is 4.79 Å². The summed E-state index contributed by atoms with van der Waals surface area (Å²) in [6.45, 7) is 5.13. The van der Waals surface area contributed by atoms with Crippen LogP contribution in [-0.4, -0.2) is 71.5 Å². The van der Waals surface area contributed by atoms with Gasteiger partial charge in [-0.15, -0.1) is 0 Å². The second kappa shape index (κ2) is 9.54. The number of epoxide rings is 1. The van der Waals surface area contributed by atoms with Crippen molar-refractivity contribution in [1.29, 1.82) is 0 Å². The lowest BCUT2D eigenvalue weighted by Gasteiger charge is -2.23. The van der Waals surface area contributed by atoms with Crippen molar-refractivity contribution >= 4 is 17.9 Å². The Morgan fingerprint density at radius 3 is 2.45 bits per heavy atom. The van der Waals surface area contributed by atoms with Gasteiger partial charge in [0.15, 0.2) is 0 Å². The van der Waals surface area contributed by atoms with Crippen LogP contribution >= 0.6 is 0 Å². The molecule has 0 aromatic carbocycles. The summed E-state index contributed by atoms with van der Waals surface area (Å²) in [4.78, 5) is 33.5. The van der Waals surface area contributed by atoms with Crippen LogP contribution in [0.5, 0.6) is 0 Å². The number of esters is 1. The van der Waals surface area contributed by atoms with Crippen molar-refractivity contribution in [1.82, 2.24) is 4.90 Å². The molecule has 8 nitrogen and oxygen atoms in total. The Balaban J connectivity index is 0.000000321. The van der Waals surface area contributed by atoms with Gasteiger partial charge in [-0.25, -0.2) is 9.59 Å². The molecule has 2 fully saturated rings. The largest absolute Gasteiger partial charge is 0.478 e. The van der Waals surface area contributed by atoms with Gasteiger partial charge in [-0.05, 0) is 53.6 Å². The molecule has 0 spiro atoms. The van der Waals surface area contributed by atoms with E-state index in [4.69, 9.17) is 19.7 Å². The lowest BCUT2D eigenvalue weighted by Crippen LogP contribution is -2.34. The van der Waals surface area contributed by atoms with Crippen LogP contribution in [0.1, 0.15) is 39.5 Å². The summed E-state index contributed by atoms with van der Waals surface area (Å²) in [7, 11) is 4.04. The van der Waals surface area contributed by atoms with Crippen LogP contribution in [-0.2, 0) is 23.9 Å². The number of carboxylic acids is 2. The maximum Gasteiger partial charge on any atom is 0.328 e. The third-order valence-corrected chi connectivity index (χ3v) is 5.67. The molecule has 0 saturated carbocycles. The zero-order chi connectivity index (χ0) is 21.8. The molecule has 0 aromatic rings. The zero-order valence-electron chi connectivity index (χ0n) is 17.5. The molecule has 1 aliphatic carbocycles. The summed E-state index contributed by atoms with van der Waals surface area (Å²) in [5.41, 5.74) is 1.34. The molecule has 3 rings (SSSR count). The Hall–Kier alpha value is -2.19. The van der Waals surface area contributed by atoms with Gasteiger partial charge in [-0.2, -0.15) is 0 Å². The van der Waals surface area contributed by atoms with Gasteiger partial charge in [0.25, 0.3) is 0 Å². The highest BCUT2D eigenvalue weighted by Gasteiger charge is 2.62. The summed E-state index contributed by atoms with van der Waals surface area (Å²) in [5.74, 6) is -2.27. The second-order valence-electron chi connectivity index (χ2n) is 8.42. The van der Waals surface area contributed by atoms with Crippen LogP contribution in [0, 0.1) is 11.8 Å². The van der Waals surface area contributed by atoms with Crippen LogP contribution < -0.4 is 0 Å². The van der Waals surface area contributed by atoms with E-state index < -0.39 is 11.9 Å². The first-order valence-corrected chi connectivity index (χ1v) is 9.86. The van der Waals surface area contributed by atoms with Crippen molar-refractivity contribution in [3.63, 3.8) is 0 Å². The van der Waals surface area contributed by atoms with Crippen LogP contribution in [0.15, 0.2) is 23.8 Å². The minimum Gasteiger partial charge on any atom is -0.478 e. The predicted octanol–water partition coefficient (Wildman–Crippen LogP) is 2.10. The number of hydrogen-bond donors (Lipinski definition) is 2. The predicted molar refractivity (Wildman–Crippen MR) is 105 cm³/mol. The van der Waals surface area contributed by atoms with E-state index in [2.05, 4.69) is 24.8 Å². The minimum absolute atomic E-state index is 0.00863. The van der Waals surface area contributed by atoms with E-state index in [1.165, 1.54) is 5.57 Å². The van der Waals surface area contributed by atoms with Crippen LogP contribution in [0.25, 0.3) is 0 Å². The van der Waals surface area contributed by atoms with Crippen LogP contribution in [0.4, 0.5) is 0 Å². The molecule has 2 N–H and O–H groups in total. The first kappa shape index (κ1) is 23.1. The van der Waals surface area contributed by atoms with Gasteiger partial charge in [0.1, 0.15) is 12.2 Å². The molecule has 0 amide bonds. The number of carbonyl (C=O) groups is 3. The summed E-state index contributed by atoms with van der Waals surface area (Å²) < 4.78 is 11.7. The molecular weight excluding hydrogens is 378 g/mol. The highest BCUT2D eigenvalue weighted by molar-refractivity contribution is 5.89. The number of fused-ring (bicyclic) bond motifs is 3. The maximum absolute atomic E-state index is 12.3. The average molecular weight is 409 g/mol. The van der Waals surface area contributed by atoms with Crippen molar-refractivity contribution in [3.05, 3.63) is 23.8 Å². The molecular formula is C21H31NO7. The number of carbonyl (C=O) groups excluding carboxylic acids is 1. The third kappa shape index (κ3) is 6.40. The SMILES string of the molecule is CC1=CCC[C@@]2(C)O[C@H]2[C@H]2OC(=O)[C@@H](CN(C)C)[C@@H]2CC1.O=C(O)/C=C/C(=O)O. The molecule has 162 valence electrons. The molecule has 3 aliphatic rings. The normalized spacial score (nSPS) is 33.7. The van der Waals surface area contributed by atoms with Crippen LogP contribution in [0.2, 0.25) is 0 Å². The third-order valence-electron chi connectivity index (χ3n) is 5.67. The summed E-state index contributed by atoms with van der Waals surface area (Å²) in [5, 5.41) is 15.6. The number of rotatable bonds is 4. The molecule has 8 heteroatoms. The van der Waals surface area contributed by atoms with Gasteiger partial charge in [0, 0.05) is 24.6 Å². The topological polar surface area (TPSA) is 117 Å². The smallest absolute Gasteiger partial charge is 0.328 e. The van der Waals surface area contributed by atoms with Crippen molar-refractivity contribution in [2.45, 2.75) is 57.3 Å². The number of hydrogen-bond acceptors (Lipinski definition) is 6. The highest BCUT2D eigenvalue weighted by Crippen LogP contribution is 2.50. The molecule has 2 heterocycles. The van der Waals surface area contributed by atoms with Crippen molar-refractivity contribution in [2.24, 2.45) is 11.8 Å². The zero-order valence-corrected chi connectivity index (χ0v) is 17.5. The van der Waals surface area contributed by atoms with E-state index in [0.717, 1.165) is 32.2 Å². The maximum atomic E-state index is 12.3. The van der Waals surface area contributed by atoms with E-state index in [1.54, 1.807) is 0 Å². The number of carboxylic acid groups (broad SMARTS) is 2. The fourth-order valence-electron chi connectivity index (χ4n) is 4.08. The van der Waals surface area contributed by atoms with Crippen molar-refractivity contribution < 1.29 is 34.1 Å². The number of ether oxygens (including phenoxy) is 2. The molecule has 2 aliphatic heterocycles. The van der Waals surface area contributed by atoms with E-state index in [9.17, 15) is 14.4 Å². The Labute approximate surface area is 171 Å². The fourth-order valence-corrected chi connectivity index (χ4v) is 4.08. The van der Waals surface area contributed by atoms with Crippen molar-refractivity contribution in [3.8, 4) is 0 Å². The van der Waals surface area contributed by atoms with Gasteiger partial charge >= 0.3 is 17.9 Å². The molecule has 5 atom stereocenters. The Bertz CT molecular complexity index is 683. The lowest BCUT2D eigenvalue weighted by molar-refractivity contribution is -0.145. The monoisotopic (exact) mass is 409 g/mol. The first-order chi connectivity index (χ1) is 13.5. The standard InChI is InChI=1S/C17H27NO3.C4H4O4/c1-11-6-5-9-17(2)15(21-17)14-12(8-7-11)13(10-18(3)4)16(19)20-14;5-3(6)1-2-4(7)8/h6,12-15H,5,7-10H2,1-4H3;1-2H,(H,5,6)(H,7,8)/b;2-1+/t12-,13-,14-,15-,17+;/m0./s1. The lowest BCUT2D eigenvalue weighted by atomic mass is 9.80. The molecule has 0 bridgehead atoms. The summed E-state index contributed by atoms with van der Waals surface area (Å²) >= 11 is 0. The quantitative estimate of drug-likeness (QED) is 0.314. The highest BCUT2D eigenvalue weighted by atomic mass is 16.6. The number of allylic oxidation sites excluding steroid dienone is 2. The van der Waals surface area contributed by atoms with Gasteiger partial charge in [-0.1, -0.05) is 11.6 Å². The van der Waals surface area contributed by atoms with E-state index >= 15 is 0 Å². The van der Waals surface area contributed by atoms with Crippen LogP contribution in [0.3, 0.4) is 0 Å². The summed E-state index contributed by atoms with van der Waals surface area (Å²) in [6, 6.07) is 0. The Morgan fingerprint density at radius 2 is 1.90 bits per heavy atom. The second-order valence-corrected chi connectivity index (χ2v) is 8.42. The van der Waals surface area contributed by atoms with E-state index in [1.807, 2.05) is 14.1 Å². The van der Waals surface area contributed by atoms with Gasteiger partial charge < -0.3 is 24.6 Å². The molecule has 0 aromatic heterocycles. The number of aliphatic carboxylic acids is 2.